The molecule has 0 unspecified atom stereocenters. The topological polar surface area (TPSA) is 99.8 Å². The number of nitrogens with zero attached hydrogens (tertiary/aromatic N) is 1. The van der Waals surface area contributed by atoms with Gasteiger partial charge < -0.3 is 20.7 Å². The van der Waals surface area contributed by atoms with E-state index in [1.807, 2.05) is 4.90 Å². The summed E-state index contributed by atoms with van der Waals surface area (Å²) in [7, 11) is 0. The van der Waals surface area contributed by atoms with E-state index in [0.717, 1.165) is 12.8 Å². The summed E-state index contributed by atoms with van der Waals surface area (Å²) in [6, 6.07) is 5.29. The van der Waals surface area contributed by atoms with E-state index in [1.165, 1.54) is 12.1 Å². The van der Waals surface area contributed by atoms with Gasteiger partial charge in [0.1, 0.15) is 11.9 Å². The summed E-state index contributed by atoms with van der Waals surface area (Å²) in [4.78, 5) is 41.7. The predicted molar refractivity (Wildman–Crippen MR) is 144 cm³/mol. The van der Waals surface area contributed by atoms with E-state index in [-0.39, 0.29) is 42.1 Å². The minimum absolute atomic E-state index is 0.0441. The van der Waals surface area contributed by atoms with Crippen LogP contribution < -0.4 is 16.0 Å². The number of ether oxygens (including phenoxy) is 1. The number of carbonyl (C=O) groups excluding carboxylic acids is 3. The third-order valence-electron chi connectivity index (χ3n) is 8.02. The highest BCUT2D eigenvalue weighted by Crippen LogP contribution is 2.37. The Morgan fingerprint density at radius 1 is 1.21 bits per heavy atom. The molecule has 0 saturated carbocycles. The number of piperidine rings is 1. The number of fused-ring (bicyclic) bond motifs is 1. The zero-order chi connectivity index (χ0) is 27.1. The maximum Gasteiger partial charge on any atom is 0.242 e. The van der Waals surface area contributed by atoms with E-state index in [4.69, 9.17) is 4.74 Å². The summed E-state index contributed by atoms with van der Waals surface area (Å²) in [6.07, 6.45) is 8.14. The lowest BCUT2D eigenvalue weighted by molar-refractivity contribution is -0.138. The van der Waals surface area contributed by atoms with Crippen LogP contribution in [0, 0.1) is 23.1 Å². The smallest absolute Gasteiger partial charge is 0.242 e. The van der Waals surface area contributed by atoms with E-state index in [9.17, 15) is 18.8 Å². The first-order chi connectivity index (χ1) is 18.2. The van der Waals surface area contributed by atoms with Crippen molar-refractivity contribution in [1.82, 2.24) is 15.5 Å². The number of likely N-dealkylation sites (tertiary alicyclic amines) is 1. The summed E-state index contributed by atoms with van der Waals surface area (Å²) in [5, 5.41) is 9.07. The summed E-state index contributed by atoms with van der Waals surface area (Å²) < 4.78 is 19.1. The maximum absolute atomic E-state index is 13.8. The van der Waals surface area contributed by atoms with Crippen molar-refractivity contribution in [3.8, 4) is 0 Å². The highest BCUT2D eigenvalue weighted by atomic mass is 19.1. The van der Waals surface area contributed by atoms with E-state index in [0.29, 0.717) is 57.7 Å². The first-order valence-electron chi connectivity index (χ1n) is 13.9. The van der Waals surface area contributed by atoms with E-state index in [1.54, 1.807) is 12.1 Å². The molecule has 4 rings (SSSR count). The van der Waals surface area contributed by atoms with Gasteiger partial charge in [0.15, 0.2) is 0 Å². The van der Waals surface area contributed by atoms with Crippen LogP contribution in [0.1, 0.15) is 52.4 Å². The molecule has 0 aliphatic carbocycles. The van der Waals surface area contributed by atoms with Crippen molar-refractivity contribution in [2.75, 3.05) is 38.2 Å². The molecule has 1 spiro atoms. The Morgan fingerprint density at radius 3 is 2.74 bits per heavy atom. The molecule has 0 bridgehead atoms. The summed E-state index contributed by atoms with van der Waals surface area (Å²) in [6.45, 7) is 6.69. The molecule has 9 heteroatoms. The van der Waals surface area contributed by atoms with Gasteiger partial charge in [0.05, 0.1) is 18.6 Å². The number of carbonyl (C=O) groups is 3. The lowest BCUT2D eigenvalue weighted by atomic mass is 9.74. The van der Waals surface area contributed by atoms with Crippen molar-refractivity contribution in [2.24, 2.45) is 17.3 Å². The molecule has 1 aromatic rings. The van der Waals surface area contributed by atoms with Gasteiger partial charge in [0.2, 0.25) is 17.7 Å². The van der Waals surface area contributed by atoms with Crippen LogP contribution in [0.3, 0.4) is 0 Å². The van der Waals surface area contributed by atoms with Crippen LogP contribution in [0.4, 0.5) is 10.1 Å². The van der Waals surface area contributed by atoms with Gasteiger partial charge in [-0.25, -0.2) is 4.39 Å². The maximum atomic E-state index is 13.8. The van der Waals surface area contributed by atoms with Gasteiger partial charge in [-0.3, -0.25) is 19.3 Å². The molecule has 8 nitrogen and oxygen atoms in total. The number of rotatable bonds is 5. The van der Waals surface area contributed by atoms with Gasteiger partial charge in [0, 0.05) is 24.3 Å². The minimum Gasteiger partial charge on any atom is -0.381 e. The second kappa shape index (κ2) is 12.8. The molecule has 3 heterocycles. The molecule has 1 aromatic carbocycles. The first kappa shape index (κ1) is 28.2. The van der Waals surface area contributed by atoms with Crippen molar-refractivity contribution in [3.05, 3.63) is 42.2 Å². The lowest BCUT2D eigenvalue weighted by Crippen LogP contribution is -2.57. The van der Waals surface area contributed by atoms with Crippen molar-refractivity contribution >= 4 is 23.4 Å². The number of amides is 3. The lowest BCUT2D eigenvalue weighted by Gasteiger charge is -2.41. The minimum atomic E-state index is -0.636. The Hall–Kier alpha value is -2.78. The van der Waals surface area contributed by atoms with Crippen LogP contribution in [0.15, 0.2) is 36.4 Å². The van der Waals surface area contributed by atoms with Crippen LogP contribution in [0.2, 0.25) is 0 Å². The molecule has 3 aliphatic heterocycles. The van der Waals surface area contributed by atoms with Crippen LogP contribution in [0.5, 0.6) is 0 Å². The Balaban J connectivity index is 1.44. The molecule has 3 aliphatic rings. The monoisotopic (exact) mass is 528 g/mol. The third kappa shape index (κ3) is 7.41. The Bertz CT molecular complexity index is 1020. The zero-order valence-corrected chi connectivity index (χ0v) is 22.5. The number of halogens is 1. The number of hydrogen-bond donors (Lipinski definition) is 3. The van der Waals surface area contributed by atoms with Crippen molar-refractivity contribution < 1.29 is 23.5 Å². The van der Waals surface area contributed by atoms with Gasteiger partial charge in [-0.1, -0.05) is 32.1 Å². The molecule has 208 valence electrons. The fourth-order valence-corrected chi connectivity index (χ4v) is 5.73. The molecular weight excluding hydrogens is 487 g/mol. The van der Waals surface area contributed by atoms with Crippen molar-refractivity contribution in [3.63, 3.8) is 0 Å². The number of hydrogen-bond acceptors (Lipinski definition) is 5. The summed E-state index contributed by atoms with van der Waals surface area (Å²) >= 11 is 0. The van der Waals surface area contributed by atoms with Crippen LogP contribution >= 0.6 is 0 Å². The Morgan fingerprint density at radius 2 is 2.00 bits per heavy atom. The Kier molecular flexibility index (Phi) is 9.54. The molecule has 3 N–H and O–H groups in total. The van der Waals surface area contributed by atoms with Crippen LogP contribution in [0.25, 0.3) is 0 Å². The fraction of sp³-hybridized carbons (Fsp3) is 0.621. The number of anilines is 1. The quantitative estimate of drug-likeness (QED) is 0.510. The second-order valence-electron chi connectivity index (χ2n) is 11.4. The van der Waals surface area contributed by atoms with E-state index in [2.05, 4.69) is 41.9 Å². The largest absolute Gasteiger partial charge is 0.381 e. The zero-order valence-electron chi connectivity index (χ0n) is 22.5. The molecule has 3 amide bonds. The predicted octanol–water partition coefficient (Wildman–Crippen LogP) is 3.25. The number of benzene rings is 1. The highest BCUT2D eigenvalue weighted by molar-refractivity contribution is 5.92. The van der Waals surface area contributed by atoms with Gasteiger partial charge >= 0.3 is 0 Å². The normalized spacial score (nSPS) is 27.4. The third-order valence-corrected chi connectivity index (χ3v) is 8.02. The second-order valence-corrected chi connectivity index (χ2v) is 11.4. The first-order valence-corrected chi connectivity index (χ1v) is 13.9. The van der Waals surface area contributed by atoms with E-state index >= 15 is 0 Å². The number of allylic oxidation sites excluding steroid dienone is 2. The van der Waals surface area contributed by atoms with Gasteiger partial charge in [-0.2, -0.15) is 0 Å². The van der Waals surface area contributed by atoms with Crippen molar-refractivity contribution in [1.29, 1.82) is 0 Å². The molecule has 2 saturated heterocycles. The van der Waals surface area contributed by atoms with Crippen molar-refractivity contribution in [2.45, 2.75) is 64.5 Å². The number of nitrogens with one attached hydrogen (secondary N) is 3. The van der Waals surface area contributed by atoms with Crippen LogP contribution in [-0.2, 0) is 19.1 Å². The van der Waals surface area contributed by atoms with Gasteiger partial charge in [-0.15, -0.1) is 0 Å². The standard InChI is InChI=1S/C29H41FN4O4/c1-20(2)16-25-27(36)32-24-9-15-38-19-21(24)6-3-4-10-29(28(37)33-25)11-13-34(14-12-29)18-26(35)31-23-8-5-7-22(30)17-23/h3-5,7-8,17,20-21,24-25H,6,9-16,18-19H2,1-2H3,(H,31,35)(H,32,36)(H,33,37)/b4-3+/t21-,24+,25-/m0/s1. The van der Waals surface area contributed by atoms with Gasteiger partial charge in [-0.05, 0) is 75.7 Å². The SMILES string of the molecule is CC(C)C[C@@H]1NC(=O)C2(C/C=C/C[C@H]3COCC[C@H]3NC1=O)CCN(CC(=O)Nc1cccc(F)c1)CC2. The van der Waals surface area contributed by atoms with Gasteiger partial charge in [0.25, 0.3) is 0 Å². The molecular formula is C29H41FN4O4. The fourth-order valence-electron chi connectivity index (χ4n) is 5.73. The summed E-state index contributed by atoms with van der Waals surface area (Å²) in [5.74, 6) is -0.356. The van der Waals surface area contributed by atoms with Crippen LogP contribution in [-0.4, -0.2) is 67.6 Å². The molecule has 3 atom stereocenters. The summed E-state index contributed by atoms with van der Waals surface area (Å²) in [5.41, 5.74) is -0.212. The molecule has 2 fully saturated rings. The molecule has 38 heavy (non-hydrogen) atoms. The highest BCUT2D eigenvalue weighted by Gasteiger charge is 2.42. The van der Waals surface area contributed by atoms with E-state index < -0.39 is 17.3 Å². The molecule has 0 radical (unpaired) electrons. The molecule has 0 aromatic heterocycles. The average Bonchev–Trinajstić information content (AvgIpc) is 2.87. The average molecular weight is 529 g/mol. The Labute approximate surface area is 224 Å².